The van der Waals surface area contributed by atoms with Gasteiger partial charge in [-0.2, -0.15) is 0 Å². The van der Waals surface area contributed by atoms with Gasteiger partial charge in [-0.3, -0.25) is 10.1 Å². The molecule has 0 radical (unpaired) electrons. The normalized spacial score (nSPS) is 13.2. The molecule has 7 nitrogen and oxygen atoms in total. The predicted molar refractivity (Wildman–Crippen MR) is 72.2 cm³/mol. The van der Waals surface area contributed by atoms with Crippen molar-refractivity contribution in [2.75, 3.05) is 5.73 Å². The molecule has 3 N–H and O–H groups in total. The zero-order valence-corrected chi connectivity index (χ0v) is 11.6. The Labute approximate surface area is 112 Å². The van der Waals surface area contributed by atoms with E-state index in [9.17, 15) is 18.5 Å². The van der Waals surface area contributed by atoms with Gasteiger partial charge in [0.05, 0.1) is 4.92 Å². The largest absolute Gasteiger partial charge is 0.399 e. The molecule has 0 aliphatic heterocycles. The van der Waals surface area contributed by atoms with E-state index in [0.717, 1.165) is 18.6 Å². The molecule has 0 saturated heterocycles. The molecule has 0 bridgehead atoms. The second-order valence-corrected chi connectivity index (χ2v) is 5.98. The Hall–Kier alpha value is -1.67. The fourth-order valence-corrected chi connectivity index (χ4v) is 3.20. The lowest BCUT2D eigenvalue weighted by Gasteiger charge is -2.13. The van der Waals surface area contributed by atoms with E-state index in [0.29, 0.717) is 6.42 Å². The van der Waals surface area contributed by atoms with Crippen LogP contribution >= 0.6 is 0 Å². The number of nitrogens with one attached hydrogen (secondary N) is 1. The van der Waals surface area contributed by atoms with E-state index < -0.39 is 25.5 Å². The van der Waals surface area contributed by atoms with Crippen LogP contribution in [-0.4, -0.2) is 19.4 Å². The second-order valence-electron chi connectivity index (χ2n) is 4.30. The van der Waals surface area contributed by atoms with Gasteiger partial charge in [-0.15, -0.1) is 0 Å². The summed E-state index contributed by atoms with van der Waals surface area (Å²) in [6.07, 6.45) is 1.46. The quantitative estimate of drug-likeness (QED) is 0.469. The molecule has 1 aromatic carbocycles. The summed E-state index contributed by atoms with van der Waals surface area (Å²) in [5.41, 5.74) is 5.18. The Morgan fingerprint density at radius 3 is 2.63 bits per heavy atom. The highest BCUT2D eigenvalue weighted by molar-refractivity contribution is 7.89. The van der Waals surface area contributed by atoms with E-state index in [1.54, 1.807) is 6.92 Å². The first-order chi connectivity index (χ1) is 8.77. The van der Waals surface area contributed by atoms with Crippen molar-refractivity contribution in [3.05, 3.63) is 28.3 Å². The number of hydrogen-bond donors (Lipinski definition) is 2. The van der Waals surface area contributed by atoms with Crippen LogP contribution in [0.3, 0.4) is 0 Å². The smallest absolute Gasteiger partial charge is 0.289 e. The van der Waals surface area contributed by atoms with Crippen LogP contribution in [0.1, 0.15) is 26.7 Å². The Morgan fingerprint density at radius 1 is 1.47 bits per heavy atom. The minimum Gasteiger partial charge on any atom is -0.399 e. The predicted octanol–water partition coefficient (Wildman–Crippen LogP) is 1.64. The summed E-state index contributed by atoms with van der Waals surface area (Å²) in [4.78, 5) is 9.72. The summed E-state index contributed by atoms with van der Waals surface area (Å²) in [6.45, 7) is 3.63. The first-order valence-electron chi connectivity index (χ1n) is 5.84. The van der Waals surface area contributed by atoms with Crippen molar-refractivity contribution >= 4 is 21.4 Å². The number of nitro groups is 1. The number of hydrogen-bond acceptors (Lipinski definition) is 5. The van der Waals surface area contributed by atoms with E-state index in [-0.39, 0.29) is 11.7 Å². The molecular weight excluding hydrogens is 270 g/mol. The number of sulfonamides is 1. The van der Waals surface area contributed by atoms with Gasteiger partial charge < -0.3 is 5.73 Å². The average molecular weight is 287 g/mol. The number of nitrogens with zero attached hydrogens (tertiary/aromatic N) is 1. The van der Waals surface area contributed by atoms with Gasteiger partial charge in [0.25, 0.3) is 5.69 Å². The van der Waals surface area contributed by atoms with E-state index in [1.807, 2.05) is 6.92 Å². The van der Waals surface area contributed by atoms with Crippen molar-refractivity contribution in [1.82, 2.24) is 4.72 Å². The lowest BCUT2D eigenvalue weighted by atomic mass is 10.2. The van der Waals surface area contributed by atoms with Crippen LogP contribution in [0, 0.1) is 10.1 Å². The molecule has 1 unspecified atom stereocenters. The van der Waals surface area contributed by atoms with Gasteiger partial charge in [0, 0.05) is 17.8 Å². The molecule has 8 heteroatoms. The van der Waals surface area contributed by atoms with Crippen molar-refractivity contribution < 1.29 is 13.3 Å². The Bertz CT molecular complexity index is 571. The molecule has 106 valence electrons. The molecule has 1 rings (SSSR count). The Kier molecular flexibility index (Phi) is 4.84. The Morgan fingerprint density at radius 2 is 2.11 bits per heavy atom. The lowest BCUT2D eigenvalue weighted by Crippen LogP contribution is -2.32. The van der Waals surface area contributed by atoms with Crippen molar-refractivity contribution in [3.63, 3.8) is 0 Å². The third kappa shape index (κ3) is 3.90. The van der Waals surface area contributed by atoms with Crippen LogP contribution < -0.4 is 10.5 Å². The van der Waals surface area contributed by atoms with Crippen molar-refractivity contribution in [2.45, 2.75) is 37.6 Å². The zero-order valence-electron chi connectivity index (χ0n) is 10.8. The molecular formula is C11H17N3O4S. The third-order valence-electron chi connectivity index (χ3n) is 2.55. The molecule has 1 atom stereocenters. The molecule has 0 amide bonds. The van der Waals surface area contributed by atoms with Crippen LogP contribution in [-0.2, 0) is 10.0 Å². The number of nitrogens with two attached hydrogens (primary N) is 1. The minimum absolute atomic E-state index is 0.161. The molecule has 0 heterocycles. The van der Waals surface area contributed by atoms with E-state index in [1.165, 1.54) is 6.07 Å². The highest BCUT2D eigenvalue weighted by Crippen LogP contribution is 2.26. The van der Waals surface area contributed by atoms with Crippen LogP contribution in [0.2, 0.25) is 0 Å². The monoisotopic (exact) mass is 287 g/mol. The minimum atomic E-state index is -3.95. The van der Waals surface area contributed by atoms with Crippen LogP contribution in [0.4, 0.5) is 11.4 Å². The third-order valence-corrected chi connectivity index (χ3v) is 4.17. The van der Waals surface area contributed by atoms with E-state index >= 15 is 0 Å². The van der Waals surface area contributed by atoms with E-state index in [2.05, 4.69) is 4.72 Å². The molecule has 0 spiro atoms. The molecule has 0 aliphatic carbocycles. The first kappa shape index (κ1) is 15.4. The second kappa shape index (κ2) is 5.98. The summed E-state index contributed by atoms with van der Waals surface area (Å²) >= 11 is 0. The molecule has 0 fully saturated rings. The molecule has 19 heavy (non-hydrogen) atoms. The summed E-state index contributed by atoms with van der Waals surface area (Å²) in [5.74, 6) is 0. The number of anilines is 1. The van der Waals surface area contributed by atoms with Gasteiger partial charge in [-0.05, 0) is 25.5 Å². The van der Waals surface area contributed by atoms with Gasteiger partial charge in [0.15, 0.2) is 4.90 Å². The highest BCUT2D eigenvalue weighted by atomic mass is 32.2. The van der Waals surface area contributed by atoms with Gasteiger partial charge in [-0.1, -0.05) is 13.3 Å². The van der Waals surface area contributed by atoms with Gasteiger partial charge >= 0.3 is 0 Å². The molecule has 1 aromatic rings. The molecule has 0 aromatic heterocycles. The number of rotatable bonds is 6. The average Bonchev–Trinajstić information content (AvgIpc) is 2.27. The van der Waals surface area contributed by atoms with Gasteiger partial charge in [0.2, 0.25) is 10.0 Å². The van der Waals surface area contributed by atoms with Gasteiger partial charge in [0.1, 0.15) is 0 Å². The summed E-state index contributed by atoms with van der Waals surface area (Å²) in [6, 6.07) is 3.19. The SMILES string of the molecule is CCCC(C)NS(=O)(=O)c1cc(N)ccc1[N+](=O)[O-]. The fourth-order valence-electron chi connectivity index (χ4n) is 1.72. The zero-order chi connectivity index (χ0) is 14.6. The van der Waals surface area contributed by atoms with Gasteiger partial charge in [-0.25, -0.2) is 13.1 Å². The Balaban J connectivity index is 3.20. The van der Waals surface area contributed by atoms with Crippen LogP contribution in [0.15, 0.2) is 23.1 Å². The summed E-state index contributed by atoms with van der Waals surface area (Å²) in [5, 5.41) is 10.9. The number of nitro benzene ring substituents is 1. The van der Waals surface area contributed by atoms with Crippen molar-refractivity contribution in [3.8, 4) is 0 Å². The topological polar surface area (TPSA) is 115 Å². The maximum absolute atomic E-state index is 12.1. The first-order valence-corrected chi connectivity index (χ1v) is 7.32. The highest BCUT2D eigenvalue weighted by Gasteiger charge is 2.27. The van der Waals surface area contributed by atoms with Crippen molar-refractivity contribution in [1.29, 1.82) is 0 Å². The summed E-state index contributed by atoms with van der Waals surface area (Å²) in [7, 11) is -3.95. The fraction of sp³-hybridized carbons (Fsp3) is 0.455. The van der Waals surface area contributed by atoms with Crippen molar-refractivity contribution in [2.24, 2.45) is 0 Å². The number of benzene rings is 1. The standard InChI is InChI=1S/C11H17N3O4S/c1-3-4-8(2)13-19(17,18)11-7-9(12)5-6-10(11)14(15)16/h5-8,13H,3-4,12H2,1-2H3. The summed E-state index contributed by atoms with van der Waals surface area (Å²) < 4.78 is 26.7. The lowest BCUT2D eigenvalue weighted by molar-refractivity contribution is -0.387. The van der Waals surface area contributed by atoms with Crippen LogP contribution in [0.5, 0.6) is 0 Å². The maximum atomic E-state index is 12.1. The van der Waals surface area contributed by atoms with E-state index in [4.69, 9.17) is 5.73 Å². The maximum Gasteiger partial charge on any atom is 0.289 e. The molecule has 0 aliphatic rings. The molecule has 0 saturated carbocycles. The number of nitrogen functional groups attached to an aromatic ring is 1. The van der Waals surface area contributed by atoms with Crippen LogP contribution in [0.25, 0.3) is 0 Å².